The van der Waals surface area contributed by atoms with Crippen LogP contribution in [-0.2, 0) is 0 Å². The van der Waals surface area contributed by atoms with Gasteiger partial charge in [0.25, 0.3) is 0 Å². The molecule has 0 aromatic rings. The van der Waals surface area contributed by atoms with Crippen LogP contribution in [0.5, 0.6) is 0 Å². The number of alkyl halides is 3. The predicted molar refractivity (Wildman–Crippen MR) is 41.7 cm³/mol. The molecule has 0 N–H and O–H groups in total. The average Bonchev–Trinajstić information content (AvgIpc) is 2.32. The standard InChI is InChI=1S/C6H9F3NS/c7-6(8,9)1-3-11-4-2-10-5-11/h11H,1-4H2. The number of rotatable bonds is 2. The van der Waals surface area contributed by atoms with E-state index in [-0.39, 0.29) is 5.75 Å². The quantitative estimate of drug-likeness (QED) is 0.629. The molecule has 5 heteroatoms. The van der Waals surface area contributed by atoms with Crippen molar-refractivity contribution >= 4 is 16.4 Å². The van der Waals surface area contributed by atoms with Gasteiger partial charge in [-0.25, -0.2) is 10.9 Å². The van der Waals surface area contributed by atoms with E-state index in [1.54, 1.807) is 0 Å². The maximum atomic E-state index is 11.7. The summed E-state index contributed by atoms with van der Waals surface area (Å²) < 4.78 is 35.0. The van der Waals surface area contributed by atoms with Gasteiger partial charge in [-0.2, -0.15) is 13.2 Å². The molecule has 1 aliphatic heterocycles. The van der Waals surface area contributed by atoms with Crippen LogP contribution in [0.2, 0.25) is 0 Å². The molecular weight excluding hydrogens is 175 g/mol. The van der Waals surface area contributed by atoms with Gasteiger partial charge in [0.15, 0.2) is 0 Å². The smallest absolute Gasteiger partial charge is 0.277 e. The molecule has 0 fully saturated rings. The van der Waals surface area contributed by atoms with Gasteiger partial charge in [0.1, 0.15) is 5.55 Å². The number of hydrogen-bond acceptors (Lipinski definition) is 1. The highest BCUT2D eigenvalue weighted by atomic mass is 32.2. The average molecular weight is 184 g/mol. The molecule has 11 heavy (non-hydrogen) atoms. The zero-order valence-corrected chi connectivity index (χ0v) is 6.75. The first-order valence-corrected chi connectivity index (χ1v) is 5.03. The minimum absolute atomic E-state index is 0.211. The molecule has 1 unspecified atom stereocenters. The Balaban J connectivity index is 2.17. The molecule has 0 saturated heterocycles. The second kappa shape index (κ2) is 3.47. The van der Waals surface area contributed by atoms with E-state index in [2.05, 4.69) is 10.5 Å². The summed E-state index contributed by atoms with van der Waals surface area (Å²) in [6.45, 7) is 0.670. The van der Waals surface area contributed by atoms with Gasteiger partial charge in [-0.1, -0.05) is 0 Å². The van der Waals surface area contributed by atoms with E-state index in [1.807, 2.05) is 0 Å². The van der Waals surface area contributed by atoms with Crippen LogP contribution in [-0.4, -0.2) is 29.8 Å². The van der Waals surface area contributed by atoms with Crippen molar-refractivity contribution in [3.63, 3.8) is 0 Å². The Morgan fingerprint density at radius 3 is 2.64 bits per heavy atom. The summed E-state index contributed by atoms with van der Waals surface area (Å²) >= 11 is 0. The van der Waals surface area contributed by atoms with Gasteiger partial charge >= 0.3 is 6.18 Å². The molecule has 0 saturated carbocycles. The SMILES string of the molecule is FC(F)(F)CC[SH]1[C]=NCC1. The number of halogens is 3. The lowest BCUT2D eigenvalue weighted by atomic mass is 10.5. The Bertz CT molecular complexity index is 154. The highest BCUT2D eigenvalue weighted by Gasteiger charge is 2.27. The third-order valence-corrected chi connectivity index (χ3v) is 3.29. The topological polar surface area (TPSA) is 12.4 Å². The molecule has 1 aliphatic rings. The second-order valence-corrected chi connectivity index (χ2v) is 4.51. The molecule has 1 heterocycles. The molecule has 0 aliphatic carbocycles. The molecular formula is C6H9F3NS. The van der Waals surface area contributed by atoms with Gasteiger partial charge in [-0.15, -0.1) is 0 Å². The van der Waals surface area contributed by atoms with Gasteiger partial charge in [0.2, 0.25) is 0 Å². The Hall–Kier alpha value is -0.190. The number of hydrogen-bond donors (Lipinski definition) is 1. The molecule has 1 radical (unpaired) electrons. The first-order chi connectivity index (χ1) is 5.08. The van der Waals surface area contributed by atoms with Crippen LogP contribution in [0.4, 0.5) is 13.2 Å². The van der Waals surface area contributed by atoms with Gasteiger partial charge in [-0.3, -0.25) is 4.99 Å². The lowest BCUT2D eigenvalue weighted by Crippen LogP contribution is -2.10. The van der Waals surface area contributed by atoms with Crippen LogP contribution < -0.4 is 0 Å². The minimum atomic E-state index is -4.01. The van der Waals surface area contributed by atoms with Crippen LogP contribution in [0.15, 0.2) is 4.99 Å². The summed E-state index contributed by atoms with van der Waals surface area (Å²) in [4.78, 5) is 3.78. The van der Waals surface area contributed by atoms with Crippen molar-refractivity contribution in [1.82, 2.24) is 0 Å². The third-order valence-electron chi connectivity index (χ3n) is 1.36. The van der Waals surface area contributed by atoms with Crippen molar-refractivity contribution in [2.75, 3.05) is 18.1 Å². The van der Waals surface area contributed by atoms with Crippen molar-refractivity contribution in [3.8, 4) is 0 Å². The summed E-state index contributed by atoms with van der Waals surface area (Å²) in [5.74, 6) is 1.01. The molecule has 0 aromatic heterocycles. The minimum Gasteiger partial charge on any atom is -0.277 e. The highest BCUT2D eigenvalue weighted by Crippen LogP contribution is 2.31. The molecule has 0 aromatic carbocycles. The maximum absolute atomic E-state index is 11.7. The van der Waals surface area contributed by atoms with E-state index >= 15 is 0 Å². The van der Waals surface area contributed by atoms with Crippen molar-refractivity contribution in [2.24, 2.45) is 4.99 Å². The Morgan fingerprint density at radius 2 is 2.18 bits per heavy atom. The van der Waals surface area contributed by atoms with E-state index in [1.165, 1.54) is 0 Å². The zero-order valence-electron chi connectivity index (χ0n) is 5.86. The van der Waals surface area contributed by atoms with E-state index in [4.69, 9.17) is 0 Å². The van der Waals surface area contributed by atoms with Crippen LogP contribution in [0.1, 0.15) is 6.42 Å². The van der Waals surface area contributed by atoms with Crippen LogP contribution in [0, 0.1) is 0 Å². The molecule has 1 nitrogen and oxygen atoms in total. The van der Waals surface area contributed by atoms with E-state index in [0.29, 0.717) is 6.54 Å². The first-order valence-electron chi connectivity index (χ1n) is 3.32. The Morgan fingerprint density at radius 1 is 1.45 bits per heavy atom. The van der Waals surface area contributed by atoms with Gasteiger partial charge in [-0.05, 0) is 11.5 Å². The summed E-state index contributed by atoms with van der Waals surface area (Å²) in [5.41, 5.74) is 2.72. The third kappa shape index (κ3) is 3.65. The van der Waals surface area contributed by atoms with Gasteiger partial charge < -0.3 is 0 Å². The fourth-order valence-electron chi connectivity index (χ4n) is 0.794. The Labute approximate surface area is 66.0 Å². The van der Waals surface area contributed by atoms with Gasteiger partial charge in [0.05, 0.1) is 6.42 Å². The fraction of sp³-hybridized carbons (Fsp3) is 0.833. The maximum Gasteiger partial charge on any atom is 0.389 e. The lowest BCUT2D eigenvalue weighted by Gasteiger charge is -2.11. The molecule has 0 bridgehead atoms. The fourth-order valence-corrected chi connectivity index (χ4v) is 2.38. The molecule has 65 valence electrons. The highest BCUT2D eigenvalue weighted by molar-refractivity contribution is 8.28. The summed E-state index contributed by atoms with van der Waals surface area (Å²) in [7, 11) is -0.646. The normalized spacial score (nSPS) is 27.7. The molecule has 1 rings (SSSR count). The summed E-state index contributed by atoms with van der Waals surface area (Å²) in [6, 6.07) is 0. The lowest BCUT2D eigenvalue weighted by molar-refractivity contribution is -0.129. The number of nitrogens with zero attached hydrogens (tertiary/aromatic N) is 1. The largest absolute Gasteiger partial charge is 0.389 e. The first kappa shape index (κ1) is 8.90. The number of aliphatic imine (C=N–C) groups is 1. The molecule has 0 amide bonds. The predicted octanol–water partition coefficient (Wildman–Crippen LogP) is 1.86. The van der Waals surface area contributed by atoms with Crippen molar-refractivity contribution < 1.29 is 13.2 Å². The van der Waals surface area contributed by atoms with Crippen molar-refractivity contribution in [1.29, 1.82) is 0 Å². The van der Waals surface area contributed by atoms with Crippen molar-refractivity contribution in [3.05, 3.63) is 0 Å². The Kier molecular flexibility index (Phi) is 2.81. The molecule has 1 atom stereocenters. The number of thiol groups is 1. The van der Waals surface area contributed by atoms with E-state index in [0.717, 1.165) is 5.75 Å². The zero-order chi connectivity index (χ0) is 8.32. The summed E-state index contributed by atoms with van der Waals surface area (Å²) in [6.07, 6.45) is -4.69. The van der Waals surface area contributed by atoms with Gasteiger partial charge in [0, 0.05) is 6.54 Å². The van der Waals surface area contributed by atoms with Crippen LogP contribution >= 0.6 is 10.9 Å². The van der Waals surface area contributed by atoms with Crippen LogP contribution in [0.25, 0.3) is 0 Å². The second-order valence-electron chi connectivity index (χ2n) is 2.33. The van der Waals surface area contributed by atoms with Crippen LogP contribution in [0.3, 0.4) is 0 Å². The monoisotopic (exact) mass is 184 g/mol. The van der Waals surface area contributed by atoms with Crippen molar-refractivity contribution in [2.45, 2.75) is 12.6 Å². The van der Waals surface area contributed by atoms with E-state index in [9.17, 15) is 13.2 Å². The van der Waals surface area contributed by atoms with E-state index < -0.39 is 23.5 Å². The summed E-state index contributed by atoms with van der Waals surface area (Å²) in [5, 5.41) is 0. The molecule has 0 spiro atoms.